The summed E-state index contributed by atoms with van der Waals surface area (Å²) >= 11 is 0. The van der Waals surface area contributed by atoms with Gasteiger partial charge in [-0.15, -0.1) is 5.10 Å². The van der Waals surface area contributed by atoms with Gasteiger partial charge in [-0.3, -0.25) is 15.2 Å². The highest BCUT2D eigenvalue weighted by Crippen LogP contribution is 2.29. The van der Waals surface area contributed by atoms with E-state index in [2.05, 4.69) is 25.8 Å². The number of amides is 2. The van der Waals surface area contributed by atoms with Crippen molar-refractivity contribution in [2.45, 2.75) is 65.4 Å². The van der Waals surface area contributed by atoms with Gasteiger partial charge in [0.15, 0.2) is 0 Å². The van der Waals surface area contributed by atoms with E-state index < -0.39 is 5.60 Å². The summed E-state index contributed by atoms with van der Waals surface area (Å²) in [6.45, 7) is 8.08. The van der Waals surface area contributed by atoms with Crippen molar-refractivity contribution in [1.29, 1.82) is 0 Å². The standard InChI is InChI=1S/C17H29N5O3/c1-5-13-19-15(22-21-13)20-14(23)12-8-6-11(7-9-12)10-18-16(24)25-17(2,3)4/h11-12H,5-10H2,1-4H3,(H,18,24)(H2,19,20,21,22,23). The topological polar surface area (TPSA) is 109 Å². The summed E-state index contributed by atoms with van der Waals surface area (Å²) in [6, 6.07) is 0. The molecule has 1 fully saturated rings. The number of H-pyrrole nitrogens is 1. The Morgan fingerprint density at radius 2 is 1.92 bits per heavy atom. The number of hydrogen-bond donors (Lipinski definition) is 3. The number of alkyl carbamates (subject to hydrolysis) is 1. The van der Waals surface area contributed by atoms with Crippen LogP contribution in [0.1, 0.15) is 59.2 Å². The third-order valence-corrected chi connectivity index (χ3v) is 4.25. The van der Waals surface area contributed by atoms with Crippen LogP contribution >= 0.6 is 0 Å². The first-order valence-electron chi connectivity index (χ1n) is 8.96. The van der Waals surface area contributed by atoms with E-state index in [0.717, 1.165) is 37.9 Å². The molecule has 8 nitrogen and oxygen atoms in total. The van der Waals surface area contributed by atoms with E-state index in [1.807, 2.05) is 27.7 Å². The molecule has 0 aliphatic heterocycles. The predicted molar refractivity (Wildman–Crippen MR) is 94.1 cm³/mol. The number of aryl methyl sites for hydroxylation is 1. The molecule has 1 aliphatic carbocycles. The van der Waals surface area contributed by atoms with Gasteiger partial charge < -0.3 is 10.1 Å². The second-order valence-corrected chi connectivity index (χ2v) is 7.55. The number of aromatic nitrogens is 3. The van der Waals surface area contributed by atoms with E-state index >= 15 is 0 Å². The Balaban J connectivity index is 1.70. The molecule has 140 valence electrons. The average Bonchev–Trinajstić information content (AvgIpc) is 2.99. The molecule has 2 amide bonds. The molecular formula is C17H29N5O3. The summed E-state index contributed by atoms with van der Waals surface area (Å²) < 4.78 is 5.23. The molecule has 1 saturated carbocycles. The van der Waals surface area contributed by atoms with Crippen molar-refractivity contribution < 1.29 is 14.3 Å². The molecule has 1 aromatic heterocycles. The molecule has 0 bridgehead atoms. The average molecular weight is 351 g/mol. The van der Waals surface area contributed by atoms with Gasteiger partial charge in [0.1, 0.15) is 11.4 Å². The van der Waals surface area contributed by atoms with Gasteiger partial charge in [0, 0.05) is 18.9 Å². The summed E-state index contributed by atoms with van der Waals surface area (Å²) in [7, 11) is 0. The molecule has 1 heterocycles. The fourth-order valence-corrected chi connectivity index (χ4v) is 2.89. The van der Waals surface area contributed by atoms with Crippen molar-refractivity contribution in [2.75, 3.05) is 11.9 Å². The zero-order valence-electron chi connectivity index (χ0n) is 15.5. The number of carbonyl (C=O) groups excluding carboxylic acids is 2. The lowest BCUT2D eigenvalue weighted by atomic mass is 9.81. The summed E-state index contributed by atoms with van der Waals surface area (Å²) in [5.74, 6) is 1.43. The minimum atomic E-state index is -0.488. The third kappa shape index (κ3) is 6.36. The molecule has 0 unspecified atom stereocenters. The van der Waals surface area contributed by atoms with Gasteiger partial charge >= 0.3 is 6.09 Å². The van der Waals surface area contributed by atoms with Gasteiger partial charge in [-0.1, -0.05) is 6.92 Å². The largest absolute Gasteiger partial charge is 0.444 e. The molecule has 0 spiro atoms. The first kappa shape index (κ1) is 19.2. The Bertz CT molecular complexity index is 585. The number of nitrogens with one attached hydrogen (secondary N) is 3. The van der Waals surface area contributed by atoms with Crippen LogP contribution in [0.4, 0.5) is 10.7 Å². The number of nitrogens with zero attached hydrogens (tertiary/aromatic N) is 2. The van der Waals surface area contributed by atoms with Crippen LogP contribution in [0, 0.1) is 11.8 Å². The fraction of sp³-hybridized carbons (Fsp3) is 0.765. The molecule has 25 heavy (non-hydrogen) atoms. The summed E-state index contributed by atoms with van der Waals surface area (Å²) in [5, 5.41) is 12.4. The molecule has 0 saturated heterocycles. The zero-order chi connectivity index (χ0) is 18.4. The van der Waals surface area contributed by atoms with E-state index in [1.165, 1.54) is 0 Å². The van der Waals surface area contributed by atoms with Gasteiger partial charge in [-0.25, -0.2) is 4.79 Å². The van der Waals surface area contributed by atoms with E-state index in [-0.39, 0.29) is 17.9 Å². The minimum absolute atomic E-state index is 0.0265. The lowest BCUT2D eigenvalue weighted by Crippen LogP contribution is -2.37. The number of hydrogen-bond acceptors (Lipinski definition) is 5. The SMILES string of the molecule is CCc1nc(NC(=O)C2CCC(CNC(=O)OC(C)(C)C)CC2)n[nH]1. The third-order valence-electron chi connectivity index (χ3n) is 4.25. The summed E-state index contributed by atoms with van der Waals surface area (Å²) in [5.41, 5.74) is -0.488. The van der Waals surface area contributed by atoms with E-state index in [9.17, 15) is 9.59 Å². The van der Waals surface area contributed by atoms with Crippen LogP contribution in [0.5, 0.6) is 0 Å². The molecule has 1 aliphatic rings. The first-order valence-corrected chi connectivity index (χ1v) is 8.96. The smallest absolute Gasteiger partial charge is 0.407 e. The van der Waals surface area contributed by atoms with Gasteiger partial charge in [0.25, 0.3) is 0 Å². The van der Waals surface area contributed by atoms with Crippen molar-refractivity contribution in [3.05, 3.63) is 5.82 Å². The summed E-state index contributed by atoms with van der Waals surface area (Å²) in [4.78, 5) is 28.2. The van der Waals surface area contributed by atoms with Crippen LogP contribution in [0.3, 0.4) is 0 Å². The van der Waals surface area contributed by atoms with Gasteiger partial charge in [0.2, 0.25) is 11.9 Å². The number of anilines is 1. The maximum absolute atomic E-state index is 12.3. The lowest BCUT2D eigenvalue weighted by molar-refractivity contribution is -0.121. The highest BCUT2D eigenvalue weighted by atomic mass is 16.6. The Morgan fingerprint density at radius 3 is 2.48 bits per heavy atom. The normalized spacial score (nSPS) is 20.8. The molecule has 1 aromatic rings. The van der Waals surface area contributed by atoms with Crippen LogP contribution in [-0.4, -0.2) is 39.3 Å². The van der Waals surface area contributed by atoms with Crippen molar-refractivity contribution in [3.63, 3.8) is 0 Å². The molecule has 2 rings (SSSR count). The Morgan fingerprint density at radius 1 is 1.24 bits per heavy atom. The van der Waals surface area contributed by atoms with E-state index in [0.29, 0.717) is 18.4 Å². The number of carbonyl (C=O) groups is 2. The highest BCUT2D eigenvalue weighted by Gasteiger charge is 2.27. The number of aromatic amines is 1. The molecule has 0 aromatic carbocycles. The highest BCUT2D eigenvalue weighted by molar-refractivity contribution is 5.90. The molecular weight excluding hydrogens is 322 g/mol. The quantitative estimate of drug-likeness (QED) is 0.755. The first-order chi connectivity index (χ1) is 11.8. The molecule has 8 heteroatoms. The van der Waals surface area contributed by atoms with Crippen LogP contribution in [-0.2, 0) is 16.0 Å². The Labute approximate surface area is 148 Å². The van der Waals surface area contributed by atoms with Crippen molar-refractivity contribution in [1.82, 2.24) is 20.5 Å². The van der Waals surface area contributed by atoms with Crippen LogP contribution in [0.15, 0.2) is 0 Å². The maximum Gasteiger partial charge on any atom is 0.407 e. The zero-order valence-corrected chi connectivity index (χ0v) is 15.5. The van der Waals surface area contributed by atoms with Crippen LogP contribution in [0.25, 0.3) is 0 Å². The van der Waals surface area contributed by atoms with Crippen molar-refractivity contribution in [2.24, 2.45) is 11.8 Å². The predicted octanol–water partition coefficient (Wildman–Crippen LogP) is 2.64. The Kier molecular flexibility index (Phi) is 6.39. The Hall–Kier alpha value is -2.12. The van der Waals surface area contributed by atoms with Crippen LogP contribution in [0.2, 0.25) is 0 Å². The van der Waals surface area contributed by atoms with Gasteiger partial charge in [0.05, 0.1) is 0 Å². The maximum atomic E-state index is 12.3. The monoisotopic (exact) mass is 351 g/mol. The van der Waals surface area contributed by atoms with E-state index in [4.69, 9.17) is 4.74 Å². The summed E-state index contributed by atoms with van der Waals surface area (Å²) in [6.07, 6.45) is 3.78. The second-order valence-electron chi connectivity index (χ2n) is 7.55. The van der Waals surface area contributed by atoms with Crippen LogP contribution < -0.4 is 10.6 Å². The van der Waals surface area contributed by atoms with Gasteiger partial charge in [-0.2, -0.15) is 4.98 Å². The van der Waals surface area contributed by atoms with Crippen molar-refractivity contribution >= 4 is 17.9 Å². The van der Waals surface area contributed by atoms with Crippen molar-refractivity contribution in [3.8, 4) is 0 Å². The number of rotatable bonds is 5. The van der Waals surface area contributed by atoms with Gasteiger partial charge in [-0.05, 0) is 52.4 Å². The minimum Gasteiger partial charge on any atom is -0.444 e. The molecule has 0 atom stereocenters. The molecule has 3 N–H and O–H groups in total. The van der Waals surface area contributed by atoms with E-state index in [1.54, 1.807) is 0 Å². The lowest BCUT2D eigenvalue weighted by Gasteiger charge is -2.28. The molecule has 0 radical (unpaired) electrons. The fourth-order valence-electron chi connectivity index (χ4n) is 2.89. The number of ether oxygens (including phenoxy) is 1. The second kappa shape index (κ2) is 8.31.